The molecule has 0 bridgehead atoms. The van der Waals surface area contributed by atoms with Crippen LogP contribution in [-0.4, -0.2) is 20.3 Å². The van der Waals surface area contributed by atoms with Crippen molar-refractivity contribution in [1.82, 2.24) is 0 Å². The molecule has 1 aromatic rings. The van der Waals surface area contributed by atoms with E-state index in [1.54, 1.807) is 7.11 Å². The first-order valence-electron chi connectivity index (χ1n) is 4.79. The highest BCUT2D eigenvalue weighted by Gasteiger charge is 2.22. The molecule has 0 saturated carbocycles. The van der Waals surface area contributed by atoms with Gasteiger partial charge in [-0.1, -0.05) is 15.9 Å². The van der Waals surface area contributed by atoms with Gasteiger partial charge in [0.15, 0.2) is 6.29 Å². The summed E-state index contributed by atoms with van der Waals surface area (Å²) in [4.78, 5) is 0. The summed E-state index contributed by atoms with van der Waals surface area (Å²) in [6, 6.07) is 3.97. The lowest BCUT2D eigenvalue weighted by Crippen LogP contribution is -2.02. The first kappa shape index (κ1) is 10.9. The van der Waals surface area contributed by atoms with Gasteiger partial charge in [0.05, 0.1) is 25.9 Å². The number of ether oxygens (including phenoxy) is 3. The van der Waals surface area contributed by atoms with E-state index in [1.807, 2.05) is 19.1 Å². The highest BCUT2D eigenvalue weighted by Crippen LogP contribution is 2.35. The first-order valence-corrected chi connectivity index (χ1v) is 5.59. The van der Waals surface area contributed by atoms with Crippen molar-refractivity contribution in [3.05, 3.63) is 27.7 Å². The van der Waals surface area contributed by atoms with Crippen LogP contribution in [0.15, 0.2) is 16.6 Å². The standard InChI is InChI=1S/C11H13BrO3/c1-7-5-10(13-2)8(6-9(7)12)11-14-3-4-15-11/h5-6,11H,3-4H2,1-2H3. The molecule has 1 aliphatic heterocycles. The summed E-state index contributed by atoms with van der Waals surface area (Å²) >= 11 is 3.49. The Morgan fingerprint density at radius 3 is 2.60 bits per heavy atom. The zero-order chi connectivity index (χ0) is 10.8. The third kappa shape index (κ3) is 2.17. The second-order valence-electron chi connectivity index (χ2n) is 3.42. The van der Waals surface area contributed by atoms with Crippen LogP contribution in [0.2, 0.25) is 0 Å². The lowest BCUT2D eigenvalue weighted by atomic mass is 10.1. The number of hydrogen-bond donors (Lipinski definition) is 0. The van der Waals surface area contributed by atoms with E-state index in [4.69, 9.17) is 14.2 Å². The molecule has 1 saturated heterocycles. The Morgan fingerprint density at radius 1 is 1.33 bits per heavy atom. The van der Waals surface area contributed by atoms with Gasteiger partial charge in [-0.05, 0) is 24.6 Å². The second-order valence-corrected chi connectivity index (χ2v) is 4.27. The van der Waals surface area contributed by atoms with Crippen LogP contribution < -0.4 is 4.74 Å². The summed E-state index contributed by atoms with van der Waals surface area (Å²) in [6.07, 6.45) is -0.295. The summed E-state index contributed by atoms with van der Waals surface area (Å²) in [5.41, 5.74) is 2.07. The lowest BCUT2D eigenvalue weighted by molar-refractivity contribution is -0.0455. The van der Waals surface area contributed by atoms with Crippen molar-refractivity contribution in [2.75, 3.05) is 20.3 Å². The molecule has 0 radical (unpaired) electrons. The van der Waals surface area contributed by atoms with Crippen LogP contribution in [0.25, 0.3) is 0 Å². The molecule has 0 atom stereocenters. The lowest BCUT2D eigenvalue weighted by Gasteiger charge is -2.15. The maximum atomic E-state index is 5.45. The Labute approximate surface area is 97.5 Å². The molecular weight excluding hydrogens is 260 g/mol. The van der Waals surface area contributed by atoms with E-state index < -0.39 is 0 Å². The van der Waals surface area contributed by atoms with E-state index in [0.717, 1.165) is 21.3 Å². The molecule has 1 aromatic carbocycles. The number of benzene rings is 1. The molecule has 0 amide bonds. The van der Waals surface area contributed by atoms with Crippen LogP contribution in [0.5, 0.6) is 5.75 Å². The van der Waals surface area contributed by atoms with E-state index in [-0.39, 0.29) is 6.29 Å². The molecule has 4 heteroatoms. The van der Waals surface area contributed by atoms with Gasteiger partial charge >= 0.3 is 0 Å². The molecule has 1 heterocycles. The fourth-order valence-electron chi connectivity index (χ4n) is 1.57. The van der Waals surface area contributed by atoms with E-state index in [0.29, 0.717) is 13.2 Å². The smallest absolute Gasteiger partial charge is 0.187 e. The molecule has 0 N–H and O–H groups in total. The summed E-state index contributed by atoms with van der Waals surface area (Å²) in [6.45, 7) is 3.30. The van der Waals surface area contributed by atoms with Crippen LogP contribution >= 0.6 is 15.9 Å². The van der Waals surface area contributed by atoms with Gasteiger partial charge in [-0.2, -0.15) is 0 Å². The van der Waals surface area contributed by atoms with Gasteiger partial charge in [0.1, 0.15) is 5.75 Å². The summed E-state index contributed by atoms with van der Waals surface area (Å²) in [7, 11) is 1.65. The fraction of sp³-hybridized carbons (Fsp3) is 0.455. The van der Waals surface area contributed by atoms with Gasteiger partial charge in [0.25, 0.3) is 0 Å². The monoisotopic (exact) mass is 272 g/mol. The number of methoxy groups -OCH3 is 1. The minimum Gasteiger partial charge on any atom is -0.496 e. The Balaban J connectivity index is 2.39. The van der Waals surface area contributed by atoms with Crippen molar-refractivity contribution in [2.45, 2.75) is 13.2 Å². The molecule has 3 nitrogen and oxygen atoms in total. The largest absolute Gasteiger partial charge is 0.496 e. The maximum absolute atomic E-state index is 5.45. The Morgan fingerprint density at radius 2 is 2.00 bits per heavy atom. The van der Waals surface area contributed by atoms with Crippen LogP contribution in [-0.2, 0) is 9.47 Å². The van der Waals surface area contributed by atoms with Crippen molar-refractivity contribution in [3.8, 4) is 5.75 Å². The van der Waals surface area contributed by atoms with Gasteiger partial charge in [-0.3, -0.25) is 0 Å². The minimum absolute atomic E-state index is 0.295. The molecule has 1 aliphatic rings. The van der Waals surface area contributed by atoms with Crippen LogP contribution in [0.4, 0.5) is 0 Å². The Bertz CT molecular complexity index is 359. The number of halogens is 1. The topological polar surface area (TPSA) is 27.7 Å². The highest BCUT2D eigenvalue weighted by atomic mass is 79.9. The maximum Gasteiger partial charge on any atom is 0.187 e. The highest BCUT2D eigenvalue weighted by molar-refractivity contribution is 9.10. The van der Waals surface area contributed by atoms with E-state index in [9.17, 15) is 0 Å². The van der Waals surface area contributed by atoms with Crippen molar-refractivity contribution < 1.29 is 14.2 Å². The zero-order valence-corrected chi connectivity index (χ0v) is 10.3. The number of hydrogen-bond acceptors (Lipinski definition) is 3. The van der Waals surface area contributed by atoms with Gasteiger partial charge in [-0.25, -0.2) is 0 Å². The molecule has 2 rings (SSSR count). The quantitative estimate of drug-likeness (QED) is 0.829. The van der Waals surface area contributed by atoms with Gasteiger partial charge < -0.3 is 14.2 Å². The number of aryl methyl sites for hydroxylation is 1. The van der Waals surface area contributed by atoms with Gasteiger partial charge in [0.2, 0.25) is 0 Å². The molecule has 0 spiro atoms. The third-order valence-corrected chi connectivity index (χ3v) is 3.24. The predicted octanol–water partition coefficient (Wildman–Crippen LogP) is 2.81. The minimum atomic E-state index is -0.295. The van der Waals surface area contributed by atoms with Crippen molar-refractivity contribution in [3.63, 3.8) is 0 Å². The first-order chi connectivity index (χ1) is 7.22. The molecule has 0 aliphatic carbocycles. The van der Waals surface area contributed by atoms with E-state index in [1.165, 1.54) is 0 Å². The zero-order valence-electron chi connectivity index (χ0n) is 8.75. The SMILES string of the molecule is COc1cc(C)c(Br)cc1C1OCCO1. The Hall–Kier alpha value is -0.580. The van der Waals surface area contributed by atoms with Crippen LogP contribution in [0.1, 0.15) is 17.4 Å². The van der Waals surface area contributed by atoms with Crippen LogP contribution in [0, 0.1) is 6.92 Å². The normalized spacial score (nSPS) is 17.0. The van der Waals surface area contributed by atoms with Crippen LogP contribution in [0.3, 0.4) is 0 Å². The van der Waals surface area contributed by atoms with Crippen molar-refractivity contribution in [1.29, 1.82) is 0 Å². The summed E-state index contributed by atoms with van der Waals surface area (Å²) in [5.74, 6) is 0.808. The van der Waals surface area contributed by atoms with E-state index in [2.05, 4.69) is 15.9 Å². The molecule has 1 fully saturated rings. The third-order valence-electron chi connectivity index (χ3n) is 2.39. The average Bonchev–Trinajstić information content (AvgIpc) is 2.74. The summed E-state index contributed by atoms with van der Waals surface area (Å²) in [5, 5.41) is 0. The molecule has 0 aromatic heterocycles. The van der Waals surface area contributed by atoms with Gasteiger partial charge in [0, 0.05) is 4.47 Å². The average molecular weight is 273 g/mol. The molecular formula is C11H13BrO3. The molecule has 0 unspecified atom stereocenters. The Kier molecular flexibility index (Phi) is 3.29. The van der Waals surface area contributed by atoms with Gasteiger partial charge in [-0.15, -0.1) is 0 Å². The summed E-state index contributed by atoms with van der Waals surface area (Å²) < 4.78 is 17.3. The molecule has 82 valence electrons. The van der Waals surface area contributed by atoms with Crippen molar-refractivity contribution >= 4 is 15.9 Å². The van der Waals surface area contributed by atoms with Crippen molar-refractivity contribution in [2.24, 2.45) is 0 Å². The van der Waals surface area contributed by atoms with E-state index >= 15 is 0 Å². The molecule has 15 heavy (non-hydrogen) atoms. The number of rotatable bonds is 2. The predicted molar refractivity (Wildman–Crippen MR) is 60.1 cm³/mol. The fourth-order valence-corrected chi connectivity index (χ4v) is 1.93. The second kappa shape index (κ2) is 4.51.